The second kappa shape index (κ2) is 10.2. The Bertz CT molecular complexity index is 1240. The third-order valence-electron chi connectivity index (χ3n) is 5.30. The highest BCUT2D eigenvalue weighted by Gasteiger charge is 2.15. The lowest BCUT2D eigenvalue weighted by atomic mass is 10.0. The van der Waals surface area contributed by atoms with Crippen LogP contribution in [0.3, 0.4) is 0 Å². The standard InChI is InChI=1S/C27H23N3O3/c31-27(29-19-21-9-5-2-6-10-21)23-13-11-22(12-14-23)24-15-16-26(30(32)33)25(17-24)28-18-20-7-3-1-4-8-20/h1-17,28H,18-19H2,(H,29,31). The number of hydrogen-bond acceptors (Lipinski definition) is 4. The molecule has 0 aliphatic carbocycles. The van der Waals surface area contributed by atoms with Gasteiger partial charge < -0.3 is 10.6 Å². The van der Waals surface area contributed by atoms with Crippen LogP contribution >= 0.6 is 0 Å². The summed E-state index contributed by atoms with van der Waals surface area (Å²) in [5, 5.41) is 17.6. The highest BCUT2D eigenvalue weighted by molar-refractivity contribution is 5.94. The number of hydrogen-bond donors (Lipinski definition) is 2. The van der Waals surface area contributed by atoms with Crippen LogP contribution in [0.25, 0.3) is 11.1 Å². The molecule has 0 spiro atoms. The molecule has 33 heavy (non-hydrogen) atoms. The van der Waals surface area contributed by atoms with E-state index in [9.17, 15) is 14.9 Å². The smallest absolute Gasteiger partial charge is 0.292 e. The average Bonchev–Trinajstić information content (AvgIpc) is 2.87. The van der Waals surface area contributed by atoms with Crippen LogP contribution in [0.4, 0.5) is 11.4 Å². The van der Waals surface area contributed by atoms with Gasteiger partial charge in [-0.05, 0) is 46.5 Å². The van der Waals surface area contributed by atoms with E-state index in [-0.39, 0.29) is 11.6 Å². The van der Waals surface area contributed by atoms with Crippen LogP contribution in [0.5, 0.6) is 0 Å². The Labute approximate surface area is 192 Å². The largest absolute Gasteiger partial charge is 0.375 e. The summed E-state index contributed by atoms with van der Waals surface area (Å²) in [6.45, 7) is 0.936. The van der Waals surface area contributed by atoms with E-state index in [1.54, 1.807) is 24.3 Å². The molecule has 0 aromatic heterocycles. The van der Waals surface area contributed by atoms with Crippen molar-refractivity contribution >= 4 is 17.3 Å². The summed E-state index contributed by atoms with van der Waals surface area (Å²) < 4.78 is 0. The van der Waals surface area contributed by atoms with Gasteiger partial charge in [0.1, 0.15) is 5.69 Å². The number of rotatable bonds is 8. The Kier molecular flexibility index (Phi) is 6.75. The first-order valence-electron chi connectivity index (χ1n) is 10.6. The minimum Gasteiger partial charge on any atom is -0.375 e. The zero-order chi connectivity index (χ0) is 23.0. The van der Waals surface area contributed by atoms with Crippen LogP contribution in [0.1, 0.15) is 21.5 Å². The quantitative estimate of drug-likeness (QED) is 0.269. The van der Waals surface area contributed by atoms with E-state index >= 15 is 0 Å². The highest BCUT2D eigenvalue weighted by atomic mass is 16.6. The molecule has 0 aliphatic heterocycles. The van der Waals surface area contributed by atoms with Crippen molar-refractivity contribution in [1.82, 2.24) is 5.32 Å². The predicted molar refractivity (Wildman–Crippen MR) is 130 cm³/mol. The molecule has 0 saturated heterocycles. The maximum atomic E-state index is 12.5. The maximum absolute atomic E-state index is 12.5. The molecule has 164 valence electrons. The van der Waals surface area contributed by atoms with Crippen molar-refractivity contribution in [2.45, 2.75) is 13.1 Å². The molecular weight excluding hydrogens is 414 g/mol. The van der Waals surface area contributed by atoms with Gasteiger partial charge >= 0.3 is 0 Å². The van der Waals surface area contributed by atoms with E-state index in [1.807, 2.05) is 72.8 Å². The molecule has 0 fully saturated rings. The fraction of sp³-hybridized carbons (Fsp3) is 0.0741. The van der Waals surface area contributed by atoms with Crippen molar-refractivity contribution < 1.29 is 9.72 Å². The number of carbonyl (C=O) groups excluding carboxylic acids is 1. The van der Waals surface area contributed by atoms with E-state index in [1.165, 1.54) is 6.07 Å². The van der Waals surface area contributed by atoms with E-state index in [0.717, 1.165) is 22.3 Å². The fourth-order valence-electron chi connectivity index (χ4n) is 3.50. The second-order valence-electron chi connectivity index (χ2n) is 7.57. The summed E-state index contributed by atoms with van der Waals surface area (Å²) in [7, 11) is 0. The number of benzene rings is 4. The summed E-state index contributed by atoms with van der Waals surface area (Å²) >= 11 is 0. The molecule has 0 aliphatic rings. The summed E-state index contributed by atoms with van der Waals surface area (Å²) in [6.07, 6.45) is 0. The van der Waals surface area contributed by atoms with E-state index < -0.39 is 4.92 Å². The summed E-state index contributed by atoms with van der Waals surface area (Å²) in [4.78, 5) is 23.6. The second-order valence-corrected chi connectivity index (χ2v) is 7.57. The van der Waals surface area contributed by atoms with E-state index in [0.29, 0.717) is 24.3 Å². The van der Waals surface area contributed by atoms with Crippen LogP contribution < -0.4 is 10.6 Å². The van der Waals surface area contributed by atoms with Crippen molar-refractivity contribution in [3.63, 3.8) is 0 Å². The number of nitrogens with one attached hydrogen (secondary N) is 2. The topological polar surface area (TPSA) is 84.3 Å². The van der Waals surface area contributed by atoms with Crippen LogP contribution in [-0.2, 0) is 13.1 Å². The Morgan fingerprint density at radius 2 is 1.30 bits per heavy atom. The molecule has 0 heterocycles. The summed E-state index contributed by atoms with van der Waals surface area (Å²) in [5.41, 5.74) is 4.78. The zero-order valence-corrected chi connectivity index (χ0v) is 17.9. The van der Waals surface area contributed by atoms with Crippen molar-refractivity contribution in [2.24, 2.45) is 0 Å². The van der Waals surface area contributed by atoms with Gasteiger partial charge in [0, 0.05) is 24.7 Å². The molecule has 0 atom stereocenters. The lowest BCUT2D eigenvalue weighted by Gasteiger charge is -2.10. The predicted octanol–water partition coefficient (Wildman–Crippen LogP) is 5.80. The third-order valence-corrected chi connectivity index (χ3v) is 5.30. The van der Waals surface area contributed by atoms with Crippen LogP contribution in [0.2, 0.25) is 0 Å². The molecule has 1 amide bonds. The molecule has 0 bridgehead atoms. The van der Waals surface area contributed by atoms with Gasteiger partial charge in [-0.25, -0.2) is 0 Å². The van der Waals surface area contributed by atoms with Crippen molar-refractivity contribution in [2.75, 3.05) is 5.32 Å². The number of amides is 1. The maximum Gasteiger partial charge on any atom is 0.292 e. The molecule has 0 unspecified atom stereocenters. The van der Waals surface area contributed by atoms with Gasteiger partial charge in [-0.15, -0.1) is 0 Å². The Hall–Kier alpha value is -4.45. The molecule has 4 aromatic rings. The molecular formula is C27H23N3O3. The monoisotopic (exact) mass is 437 g/mol. The molecule has 4 aromatic carbocycles. The highest BCUT2D eigenvalue weighted by Crippen LogP contribution is 2.31. The van der Waals surface area contributed by atoms with Crippen LogP contribution in [0, 0.1) is 10.1 Å². The van der Waals surface area contributed by atoms with Gasteiger partial charge in [-0.2, -0.15) is 0 Å². The van der Waals surface area contributed by atoms with Crippen molar-refractivity contribution in [3.8, 4) is 11.1 Å². The zero-order valence-electron chi connectivity index (χ0n) is 17.9. The minimum absolute atomic E-state index is 0.0200. The number of anilines is 1. The Balaban J connectivity index is 1.48. The number of nitro benzene ring substituents is 1. The molecule has 6 nitrogen and oxygen atoms in total. The average molecular weight is 437 g/mol. The Morgan fingerprint density at radius 3 is 1.91 bits per heavy atom. The van der Waals surface area contributed by atoms with Crippen molar-refractivity contribution in [3.05, 3.63) is 130 Å². The van der Waals surface area contributed by atoms with Crippen LogP contribution in [0.15, 0.2) is 103 Å². The van der Waals surface area contributed by atoms with Gasteiger partial charge in [0.15, 0.2) is 0 Å². The van der Waals surface area contributed by atoms with Gasteiger partial charge in [0.25, 0.3) is 11.6 Å². The normalized spacial score (nSPS) is 10.4. The molecule has 4 rings (SSSR count). The lowest BCUT2D eigenvalue weighted by Crippen LogP contribution is -2.22. The van der Waals surface area contributed by atoms with Crippen molar-refractivity contribution in [1.29, 1.82) is 0 Å². The summed E-state index contributed by atoms with van der Waals surface area (Å²) in [6, 6.07) is 31.6. The van der Waals surface area contributed by atoms with Gasteiger partial charge in [-0.3, -0.25) is 14.9 Å². The first kappa shape index (κ1) is 21.8. The van der Waals surface area contributed by atoms with Crippen LogP contribution in [-0.4, -0.2) is 10.8 Å². The summed E-state index contributed by atoms with van der Waals surface area (Å²) in [5.74, 6) is -0.153. The SMILES string of the molecule is O=C(NCc1ccccc1)c1ccc(-c2ccc([N+](=O)[O-])c(NCc3ccccc3)c2)cc1. The molecule has 6 heteroatoms. The first-order chi connectivity index (χ1) is 16.1. The van der Waals surface area contributed by atoms with Gasteiger partial charge in [0.05, 0.1) is 4.92 Å². The number of nitrogens with zero attached hydrogens (tertiary/aromatic N) is 1. The fourth-order valence-corrected chi connectivity index (χ4v) is 3.50. The lowest BCUT2D eigenvalue weighted by molar-refractivity contribution is -0.384. The van der Waals surface area contributed by atoms with Gasteiger partial charge in [0.2, 0.25) is 0 Å². The molecule has 0 radical (unpaired) electrons. The van der Waals surface area contributed by atoms with E-state index in [2.05, 4.69) is 10.6 Å². The van der Waals surface area contributed by atoms with Gasteiger partial charge in [-0.1, -0.05) is 72.8 Å². The third kappa shape index (κ3) is 5.62. The molecule has 2 N–H and O–H groups in total. The minimum atomic E-state index is -0.392. The first-order valence-corrected chi connectivity index (χ1v) is 10.6. The van der Waals surface area contributed by atoms with E-state index in [4.69, 9.17) is 0 Å². The number of carbonyl (C=O) groups is 1. The molecule has 0 saturated carbocycles. The number of nitro groups is 1. The Morgan fingerprint density at radius 1 is 0.727 bits per heavy atom.